The molecule has 3 aromatic carbocycles. The highest BCUT2D eigenvalue weighted by atomic mass is 19.4. The molecular weight excluding hydrogens is 431 g/mol. The molecule has 33 heavy (non-hydrogen) atoms. The number of ether oxygens (including phenoxy) is 2. The van der Waals surface area contributed by atoms with Crippen molar-refractivity contribution in [3.63, 3.8) is 0 Å². The van der Waals surface area contributed by atoms with E-state index < -0.39 is 11.7 Å². The molecule has 0 radical (unpaired) electrons. The molecule has 168 valence electrons. The van der Waals surface area contributed by atoms with Gasteiger partial charge in [-0.25, -0.2) is 4.98 Å². The van der Waals surface area contributed by atoms with E-state index in [0.717, 1.165) is 23.2 Å². The van der Waals surface area contributed by atoms with Crippen molar-refractivity contribution in [2.75, 3.05) is 12.5 Å². The number of benzene rings is 3. The van der Waals surface area contributed by atoms with Gasteiger partial charge in [0.25, 0.3) is 0 Å². The molecule has 0 aliphatic rings. The number of halogens is 3. The van der Waals surface area contributed by atoms with Gasteiger partial charge in [-0.15, -0.1) is 0 Å². The summed E-state index contributed by atoms with van der Waals surface area (Å²) in [6.07, 6.45) is -2.17. The number of fused-ring (bicyclic) bond motifs is 1. The molecule has 8 heteroatoms. The van der Waals surface area contributed by atoms with E-state index in [9.17, 15) is 13.2 Å². The molecule has 0 unspecified atom stereocenters. The minimum atomic E-state index is -4.43. The van der Waals surface area contributed by atoms with Gasteiger partial charge in [0.15, 0.2) is 11.5 Å². The van der Waals surface area contributed by atoms with Gasteiger partial charge < -0.3 is 9.47 Å². The van der Waals surface area contributed by atoms with E-state index in [-0.39, 0.29) is 5.82 Å². The normalized spacial score (nSPS) is 11.6. The van der Waals surface area contributed by atoms with Crippen LogP contribution in [-0.4, -0.2) is 18.3 Å². The summed E-state index contributed by atoms with van der Waals surface area (Å²) in [6.45, 7) is 0.385. The number of alkyl halides is 3. The van der Waals surface area contributed by atoms with Crippen LogP contribution < -0.4 is 14.9 Å². The lowest BCUT2D eigenvalue weighted by Crippen LogP contribution is -2.05. The van der Waals surface area contributed by atoms with Crippen LogP contribution in [0.1, 0.15) is 16.7 Å². The monoisotopic (exact) mass is 451 g/mol. The molecule has 4 rings (SSSR count). The van der Waals surface area contributed by atoms with E-state index in [4.69, 9.17) is 9.47 Å². The third-order valence-corrected chi connectivity index (χ3v) is 4.88. The van der Waals surface area contributed by atoms with E-state index in [0.29, 0.717) is 23.7 Å². The first-order valence-electron chi connectivity index (χ1n) is 10.0. The second-order valence-electron chi connectivity index (χ2n) is 7.18. The van der Waals surface area contributed by atoms with Crippen molar-refractivity contribution in [1.29, 1.82) is 0 Å². The van der Waals surface area contributed by atoms with Crippen molar-refractivity contribution >= 4 is 22.8 Å². The van der Waals surface area contributed by atoms with Crippen LogP contribution in [0.5, 0.6) is 11.5 Å². The molecule has 0 aliphatic carbocycles. The maximum absolute atomic E-state index is 12.6. The SMILES string of the molecule is COc1cc(/C=N\Nc2ccc(C(F)(F)F)cn2)ccc1OCc1ccc2ccccc2c1. The Labute approximate surface area is 188 Å². The fraction of sp³-hybridized carbons (Fsp3) is 0.120. The lowest BCUT2D eigenvalue weighted by molar-refractivity contribution is -0.137. The number of aromatic nitrogens is 1. The van der Waals surface area contributed by atoms with Crippen LogP contribution in [0.3, 0.4) is 0 Å². The van der Waals surface area contributed by atoms with Crippen LogP contribution >= 0.6 is 0 Å². The molecule has 0 amide bonds. The first kappa shape index (κ1) is 22.1. The predicted octanol–water partition coefficient (Wildman–Crippen LogP) is 6.29. The Morgan fingerprint density at radius 3 is 2.48 bits per heavy atom. The van der Waals surface area contributed by atoms with Crippen LogP contribution in [-0.2, 0) is 12.8 Å². The van der Waals surface area contributed by atoms with E-state index in [1.54, 1.807) is 25.3 Å². The Morgan fingerprint density at radius 1 is 0.939 bits per heavy atom. The van der Waals surface area contributed by atoms with Gasteiger partial charge in [0.05, 0.1) is 18.9 Å². The molecule has 0 saturated carbocycles. The summed E-state index contributed by atoms with van der Waals surface area (Å²) in [4.78, 5) is 3.71. The Kier molecular flexibility index (Phi) is 6.44. The Bertz CT molecular complexity index is 1270. The molecule has 0 fully saturated rings. The van der Waals surface area contributed by atoms with Crippen LogP contribution in [0.25, 0.3) is 10.8 Å². The number of hydrogen-bond donors (Lipinski definition) is 1. The minimum absolute atomic E-state index is 0.196. The van der Waals surface area contributed by atoms with Crippen molar-refractivity contribution in [2.45, 2.75) is 12.8 Å². The predicted molar refractivity (Wildman–Crippen MR) is 122 cm³/mol. The topological polar surface area (TPSA) is 55.7 Å². The third kappa shape index (κ3) is 5.60. The van der Waals surface area contributed by atoms with Crippen molar-refractivity contribution < 1.29 is 22.6 Å². The van der Waals surface area contributed by atoms with Crippen molar-refractivity contribution in [3.8, 4) is 11.5 Å². The lowest BCUT2D eigenvalue weighted by Gasteiger charge is -2.12. The minimum Gasteiger partial charge on any atom is -0.493 e. The van der Waals surface area contributed by atoms with Crippen LogP contribution in [0.15, 0.2) is 84.1 Å². The quantitative estimate of drug-likeness (QED) is 0.265. The Hall–Kier alpha value is -4.07. The van der Waals surface area contributed by atoms with E-state index >= 15 is 0 Å². The third-order valence-electron chi connectivity index (χ3n) is 4.88. The van der Waals surface area contributed by atoms with Gasteiger partial charge >= 0.3 is 6.18 Å². The van der Waals surface area contributed by atoms with Crippen molar-refractivity contribution in [3.05, 3.63) is 95.7 Å². The molecular formula is C25H20F3N3O2. The molecule has 4 aromatic rings. The number of pyridine rings is 1. The largest absolute Gasteiger partial charge is 0.493 e. The summed E-state index contributed by atoms with van der Waals surface area (Å²) < 4.78 is 49.2. The number of nitrogens with one attached hydrogen (secondary N) is 1. The van der Waals surface area contributed by atoms with E-state index in [1.165, 1.54) is 17.7 Å². The Balaban J connectivity index is 1.39. The first-order valence-corrected chi connectivity index (χ1v) is 10.0. The smallest absolute Gasteiger partial charge is 0.417 e. The molecule has 1 aromatic heterocycles. The molecule has 0 aliphatic heterocycles. The number of rotatable bonds is 7. The second-order valence-corrected chi connectivity index (χ2v) is 7.18. The highest BCUT2D eigenvalue weighted by molar-refractivity contribution is 5.83. The summed E-state index contributed by atoms with van der Waals surface area (Å²) in [7, 11) is 1.55. The molecule has 5 nitrogen and oxygen atoms in total. The maximum atomic E-state index is 12.6. The highest BCUT2D eigenvalue weighted by Gasteiger charge is 2.30. The zero-order valence-corrected chi connectivity index (χ0v) is 17.6. The average molecular weight is 451 g/mol. The molecule has 0 saturated heterocycles. The summed E-state index contributed by atoms with van der Waals surface area (Å²) in [5.41, 5.74) is 3.53. The van der Waals surface area contributed by atoms with Gasteiger partial charge in [-0.05, 0) is 58.3 Å². The van der Waals surface area contributed by atoms with Gasteiger partial charge in [0.2, 0.25) is 0 Å². The summed E-state index contributed by atoms with van der Waals surface area (Å²) in [5.74, 6) is 1.31. The van der Waals surface area contributed by atoms with Gasteiger partial charge in [-0.2, -0.15) is 18.3 Å². The van der Waals surface area contributed by atoms with Crippen LogP contribution in [0.4, 0.5) is 19.0 Å². The zero-order valence-electron chi connectivity index (χ0n) is 17.6. The molecule has 0 atom stereocenters. The summed E-state index contributed by atoms with van der Waals surface area (Å²) in [6, 6.07) is 21.8. The molecule has 0 spiro atoms. The molecule has 1 heterocycles. The standard InChI is InChI=1S/C25H20F3N3O2/c1-32-23-13-17(14-30-31-24-11-9-21(15-29-24)25(26,27)28)7-10-22(23)33-16-18-6-8-19-4-2-3-5-20(19)12-18/h2-15H,16H2,1H3,(H,29,31)/b30-14-. The van der Waals surface area contributed by atoms with Crippen LogP contribution in [0, 0.1) is 0 Å². The zero-order chi connectivity index (χ0) is 23.3. The number of hydrogen-bond acceptors (Lipinski definition) is 5. The number of hydrazone groups is 1. The fourth-order valence-electron chi connectivity index (χ4n) is 3.17. The fourth-order valence-corrected chi connectivity index (χ4v) is 3.17. The average Bonchev–Trinajstić information content (AvgIpc) is 2.82. The summed E-state index contributed by atoms with van der Waals surface area (Å²) in [5, 5.41) is 6.33. The number of anilines is 1. The number of nitrogens with zero attached hydrogens (tertiary/aromatic N) is 2. The van der Waals surface area contributed by atoms with Crippen LogP contribution in [0.2, 0.25) is 0 Å². The Morgan fingerprint density at radius 2 is 1.76 bits per heavy atom. The molecule has 1 N–H and O–H groups in total. The molecule has 0 bridgehead atoms. The van der Waals surface area contributed by atoms with Gasteiger partial charge in [0, 0.05) is 6.20 Å². The summed E-state index contributed by atoms with van der Waals surface area (Å²) >= 11 is 0. The van der Waals surface area contributed by atoms with Crippen molar-refractivity contribution in [1.82, 2.24) is 4.98 Å². The first-order chi connectivity index (χ1) is 15.9. The highest BCUT2D eigenvalue weighted by Crippen LogP contribution is 2.30. The van der Waals surface area contributed by atoms with Crippen molar-refractivity contribution in [2.24, 2.45) is 5.10 Å². The van der Waals surface area contributed by atoms with Gasteiger partial charge in [-0.1, -0.05) is 36.4 Å². The van der Waals surface area contributed by atoms with E-state index in [1.807, 2.05) is 18.2 Å². The van der Waals surface area contributed by atoms with Gasteiger partial charge in [-0.3, -0.25) is 5.43 Å². The maximum Gasteiger partial charge on any atom is 0.417 e. The number of methoxy groups -OCH3 is 1. The lowest BCUT2D eigenvalue weighted by atomic mass is 10.1. The van der Waals surface area contributed by atoms with E-state index in [2.05, 4.69) is 39.8 Å². The van der Waals surface area contributed by atoms with Gasteiger partial charge in [0.1, 0.15) is 12.4 Å². The second kappa shape index (κ2) is 9.60.